The Hall–Kier alpha value is -0.970. The minimum Gasteiger partial charge on any atom is -0.327 e. The van der Waals surface area contributed by atoms with E-state index in [1.807, 2.05) is 0 Å². The van der Waals surface area contributed by atoms with Gasteiger partial charge in [-0.2, -0.15) is 0 Å². The molecule has 78 valence electrons. The van der Waals surface area contributed by atoms with Crippen molar-refractivity contribution in [2.45, 2.75) is 31.9 Å². The zero-order chi connectivity index (χ0) is 9.97. The van der Waals surface area contributed by atoms with E-state index in [2.05, 4.69) is 10.3 Å². The van der Waals surface area contributed by atoms with E-state index < -0.39 is 6.43 Å². The fourth-order valence-corrected chi connectivity index (χ4v) is 1.86. The lowest BCUT2D eigenvalue weighted by Crippen LogP contribution is -2.18. The Bertz CT molecular complexity index is 292. The van der Waals surface area contributed by atoms with Crippen molar-refractivity contribution in [3.63, 3.8) is 0 Å². The van der Waals surface area contributed by atoms with E-state index >= 15 is 0 Å². The summed E-state index contributed by atoms with van der Waals surface area (Å²) in [6.45, 7) is 0.706. The molecule has 2 heterocycles. The van der Waals surface area contributed by atoms with Gasteiger partial charge in [0.05, 0.1) is 18.6 Å². The zero-order valence-electron chi connectivity index (χ0n) is 7.79. The maximum atomic E-state index is 12.2. The van der Waals surface area contributed by atoms with Crippen LogP contribution < -0.4 is 5.32 Å². The first kappa shape index (κ1) is 9.58. The van der Waals surface area contributed by atoms with Crippen molar-refractivity contribution in [1.82, 2.24) is 14.9 Å². The predicted molar refractivity (Wildman–Crippen MR) is 48.2 cm³/mol. The third-order valence-electron chi connectivity index (χ3n) is 2.50. The van der Waals surface area contributed by atoms with Crippen molar-refractivity contribution < 1.29 is 8.78 Å². The van der Waals surface area contributed by atoms with Gasteiger partial charge < -0.3 is 9.88 Å². The van der Waals surface area contributed by atoms with Crippen molar-refractivity contribution in [2.75, 3.05) is 6.54 Å². The lowest BCUT2D eigenvalue weighted by atomic mass is 10.2. The number of imidazole rings is 1. The number of alkyl halides is 2. The average Bonchev–Trinajstić information content (AvgIpc) is 2.70. The summed E-state index contributed by atoms with van der Waals surface area (Å²) < 4.78 is 25.9. The van der Waals surface area contributed by atoms with E-state index in [1.54, 1.807) is 6.20 Å². The molecule has 3 nitrogen and oxygen atoms in total. The molecule has 0 saturated carbocycles. The second-order valence-corrected chi connectivity index (χ2v) is 3.51. The van der Waals surface area contributed by atoms with E-state index in [4.69, 9.17) is 0 Å². The summed E-state index contributed by atoms with van der Waals surface area (Å²) in [6.07, 6.45) is 2.94. The Labute approximate surface area is 81.1 Å². The molecule has 1 aliphatic heterocycles. The number of rotatable bonds is 3. The maximum absolute atomic E-state index is 12.2. The maximum Gasteiger partial charge on any atom is 0.256 e. The normalized spacial score (nSPS) is 22.1. The molecule has 0 bridgehead atoms. The molecule has 1 fully saturated rings. The van der Waals surface area contributed by atoms with Gasteiger partial charge in [-0.3, -0.25) is 0 Å². The highest BCUT2D eigenvalue weighted by atomic mass is 19.3. The number of hydrogen-bond acceptors (Lipinski definition) is 2. The number of aromatic nitrogens is 2. The van der Waals surface area contributed by atoms with Crippen molar-refractivity contribution in [1.29, 1.82) is 0 Å². The Morgan fingerprint density at radius 1 is 1.64 bits per heavy atom. The van der Waals surface area contributed by atoms with Crippen LogP contribution in [0.3, 0.4) is 0 Å². The van der Waals surface area contributed by atoms with Crippen molar-refractivity contribution >= 4 is 0 Å². The molecule has 1 N–H and O–H groups in total. The quantitative estimate of drug-likeness (QED) is 0.804. The standard InChI is InChI=1S/C9H13F2N3/c10-9(11)5-14-6-12-4-8(14)7-2-1-3-13-7/h4,6-7,9,13H,1-3,5H2/t7-/m0/s1. The van der Waals surface area contributed by atoms with Gasteiger partial charge in [-0.15, -0.1) is 0 Å². The topological polar surface area (TPSA) is 29.9 Å². The third kappa shape index (κ3) is 1.92. The molecule has 2 rings (SSSR count). The molecule has 1 aromatic heterocycles. The molecule has 1 aliphatic rings. The summed E-state index contributed by atoms with van der Waals surface area (Å²) in [4.78, 5) is 3.91. The molecule has 0 aliphatic carbocycles. The van der Waals surface area contributed by atoms with Gasteiger partial charge in [0, 0.05) is 12.2 Å². The highest BCUT2D eigenvalue weighted by molar-refractivity contribution is 5.07. The van der Waals surface area contributed by atoms with Crippen LogP contribution in [0.25, 0.3) is 0 Å². The van der Waals surface area contributed by atoms with Gasteiger partial charge in [-0.25, -0.2) is 13.8 Å². The summed E-state index contributed by atoms with van der Waals surface area (Å²) in [7, 11) is 0. The highest BCUT2D eigenvalue weighted by Crippen LogP contribution is 2.22. The Morgan fingerprint density at radius 2 is 2.50 bits per heavy atom. The minimum absolute atomic E-state index is 0.205. The lowest BCUT2D eigenvalue weighted by Gasteiger charge is -2.13. The SMILES string of the molecule is FC(F)Cn1cncc1[C@@H]1CCCN1. The van der Waals surface area contributed by atoms with Crippen LogP contribution in [0.2, 0.25) is 0 Å². The van der Waals surface area contributed by atoms with Gasteiger partial charge in [0.25, 0.3) is 6.43 Å². The van der Waals surface area contributed by atoms with Crippen LogP contribution in [0.1, 0.15) is 24.6 Å². The lowest BCUT2D eigenvalue weighted by molar-refractivity contribution is 0.125. The molecule has 0 amide bonds. The molecule has 0 spiro atoms. The van der Waals surface area contributed by atoms with Gasteiger partial charge >= 0.3 is 0 Å². The molecule has 5 heteroatoms. The molecular formula is C9H13F2N3. The van der Waals surface area contributed by atoms with Gasteiger partial charge in [0.2, 0.25) is 0 Å². The smallest absolute Gasteiger partial charge is 0.256 e. The fourth-order valence-electron chi connectivity index (χ4n) is 1.86. The molecule has 1 aromatic rings. The molecule has 0 aromatic carbocycles. The summed E-state index contributed by atoms with van der Waals surface area (Å²) in [5.41, 5.74) is 0.878. The Kier molecular flexibility index (Phi) is 2.77. The number of halogens is 2. The molecule has 0 radical (unpaired) electrons. The number of nitrogens with zero attached hydrogens (tertiary/aromatic N) is 2. The van der Waals surface area contributed by atoms with E-state index in [-0.39, 0.29) is 12.6 Å². The van der Waals surface area contributed by atoms with Crippen LogP contribution in [0.4, 0.5) is 8.78 Å². The molecule has 14 heavy (non-hydrogen) atoms. The zero-order valence-corrected chi connectivity index (χ0v) is 7.79. The van der Waals surface area contributed by atoms with Gasteiger partial charge in [-0.1, -0.05) is 0 Å². The summed E-state index contributed by atoms with van der Waals surface area (Å²) in [5, 5.41) is 3.27. The summed E-state index contributed by atoms with van der Waals surface area (Å²) >= 11 is 0. The van der Waals surface area contributed by atoms with Crippen LogP contribution in [-0.2, 0) is 6.54 Å². The molecule has 0 unspecified atom stereocenters. The van der Waals surface area contributed by atoms with Crippen LogP contribution in [0, 0.1) is 0 Å². The predicted octanol–water partition coefficient (Wildman–Crippen LogP) is 1.57. The van der Waals surface area contributed by atoms with Gasteiger partial charge in [-0.05, 0) is 19.4 Å². The number of hydrogen-bond donors (Lipinski definition) is 1. The van der Waals surface area contributed by atoms with Crippen LogP contribution in [0.15, 0.2) is 12.5 Å². The van der Waals surface area contributed by atoms with Crippen molar-refractivity contribution in [3.8, 4) is 0 Å². The third-order valence-corrected chi connectivity index (χ3v) is 2.50. The molecule has 1 saturated heterocycles. The van der Waals surface area contributed by atoms with Crippen LogP contribution in [-0.4, -0.2) is 22.5 Å². The van der Waals surface area contributed by atoms with Crippen LogP contribution in [0.5, 0.6) is 0 Å². The van der Waals surface area contributed by atoms with Crippen molar-refractivity contribution in [2.24, 2.45) is 0 Å². The molecule has 1 atom stereocenters. The minimum atomic E-state index is -2.32. The second-order valence-electron chi connectivity index (χ2n) is 3.51. The van der Waals surface area contributed by atoms with Crippen molar-refractivity contribution in [3.05, 3.63) is 18.2 Å². The van der Waals surface area contributed by atoms with E-state index in [0.717, 1.165) is 25.1 Å². The first-order valence-electron chi connectivity index (χ1n) is 4.79. The van der Waals surface area contributed by atoms with E-state index in [9.17, 15) is 8.78 Å². The second kappa shape index (κ2) is 4.04. The summed E-state index contributed by atoms with van der Waals surface area (Å²) in [6, 6.07) is 0.205. The van der Waals surface area contributed by atoms with E-state index in [0.29, 0.717) is 0 Å². The number of nitrogens with one attached hydrogen (secondary N) is 1. The first-order valence-corrected chi connectivity index (χ1v) is 4.79. The van der Waals surface area contributed by atoms with E-state index in [1.165, 1.54) is 10.9 Å². The summed E-state index contributed by atoms with van der Waals surface area (Å²) in [5.74, 6) is 0. The van der Waals surface area contributed by atoms with Crippen LogP contribution >= 0.6 is 0 Å². The van der Waals surface area contributed by atoms with Gasteiger partial charge in [0.15, 0.2) is 0 Å². The highest BCUT2D eigenvalue weighted by Gasteiger charge is 2.20. The Morgan fingerprint density at radius 3 is 3.14 bits per heavy atom. The Balaban J connectivity index is 2.12. The fraction of sp³-hybridized carbons (Fsp3) is 0.667. The molecular weight excluding hydrogens is 188 g/mol. The van der Waals surface area contributed by atoms with Gasteiger partial charge in [0.1, 0.15) is 0 Å². The average molecular weight is 201 g/mol. The first-order chi connectivity index (χ1) is 6.77. The largest absolute Gasteiger partial charge is 0.327 e. The monoisotopic (exact) mass is 201 g/mol.